The minimum absolute atomic E-state index is 0.0481. The number of hydrogen-bond acceptors (Lipinski definition) is 5. The largest absolute Gasteiger partial charge is 0.358 e. The SMILES string of the molecule is CNCCN(C)Cc1nc2ccccn2c1[N+](=O)[O-]. The van der Waals surface area contributed by atoms with Gasteiger partial charge < -0.3 is 15.4 Å². The normalized spacial score (nSPS) is 11.3. The van der Waals surface area contributed by atoms with Crippen molar-refractivity contribution in [3.63, 3.8) is 0 Å². The molecule has 0 spiro atoms. The fourth-order valence-electron chi connectivity index (χ4n) is 1.97. The quantitative estimate of drug-likeness (QED) is 0.619. The summed E-state index contributed by atoms with van der Waals surface area (Å²) in [5, 5.41) is 14.3. The van der Waals surface area contributed by atoms with Gasteiger partial charge in [0.05, 0.1) is 6.20 Å². The summed E-state index contributed by atoms with van der Waals surface area (Å²) in [6.07, 6.45) is 1.66. The van der Waals surface area contributed by atoms with E-state index in [-0.39, 0.29) is 10.7 Å². The number of likely N-dealkylation sites (N-methyl/N-ethyl adjacent to an activating group) is 2. The molecule has 2 aromatic heterocycles. The molecule has 0 amide bonds. The zero-order valence-corrected chi connectivity index (χ0v) is 11.0. The summed E-state index contributed by atoms with van der Waals surface area (Å²) < 4.78 is 1.52. The van der Waals surface area contributed by atoms with E-state index in [1.54, 1.807) is 18.3 Å². The Bertz CT molecular complexity index is 581. The van der Waals surface area contributed by atoms with Crippen LogP contribution < -0.4 is 5.32 Å². The molecule has 7 heteroatoms. The summed E-state index contributed by atoms with van der Waals surface area (Å²) in [6, 6.07) is 5.35. The smallest absolute Gasteiger partial charge is 0.352 e. The molecule has 19 heavy (non-hydrogen) atoms. The van der Waals surface area contributed by atoms with Crippen molar-refractivity contribution in [3.8, 4) is 0 Å². The number of nitrogens with one attached hydrogen (secondary N) is 1. The van der Waals surface area contributed by atoms with Gasteiger partial charge in [-0.25, -0.2) is 4.98 Å². The highest BCUT2D eigenvalue weighted by atomic mass is 16.6. The predicted octanol–water partition coefficient (Wildman–Crippen LogP) is 0.894. The summed E-state index contributed by atoms with van der Waals surface area (Å²) in [5.74, 6) is 0.0481. The molecule has 0 radical (unpaired) electrons. The third-order valence-corrected chi connectivity index (χ3v) is 2.91. The molecule has 2 aromatic rings. The van der Waals surface area contributed by atoms with Crippen molar-refractivity contribution in [1.82, 2.24) is 19.6 Å². The molecule has 0 unspecified atom stereocenters. The van der Waals surface area contributed by atoms with E-state index in [4.69, 9.17) is 0 Å². The Labute approximate surface area is 111 Å². The van der Waals surface area contributed by atoms with Gasteiger partial charge in [-0.2, -0.15) is 4.40 Å². The highest BCUT2D eigenvalue weighted by Crippen LogP contribution is 2.21. The highest BCUT2D eigenvalue weighted by molar-refractivity contribution is 5.48. The van der Waals surface area contributed by atoms with Crippen molar-refractivity contribution in [2.24, 2.45) is 0 Å². The van der Waals surface area contributed by atoms with Crippen molar-refractivity contribution >= 4 is 11.5 Å². The molecule has 0 aromatic carbocycles. The average Bonchev–Trinajstić information content (AvgIpc) is 2.74. The Morgan fingerprint density at radius 1 is 1.53 bits per heavy atom. The second-order valence-electron chi connectivity index (χ2n) is 4.41. The van der Waals surface area contributed by atoms with E-state index < -0.39 is 0 Å². The lowest BCUT2D eigenvalue weighted by atomic mass is 10.4. The molecular weight excluding hydrogens is 246 g/mol. The zero-order chi connectivity index (χ0) is 13.8. The second kappa shape index (κ2) is 5.77. The molecule has 0 aliphatic rings. The van der Waals surface area contributed by atoms with Crippen molar-refractivity contribution < 1.29 is 4.92 Å². The van der Waals surface area contributed by atoms with Gasteiger partial charge in [0.1, 0.15) is 0 Å². The van der Waals surface area contributed by atoms with Gasteiger partial charge in [-0.1, -0.05) is 6.07 Å². The molecule has 0 bridgehead atoms. The van der Waals surface area contributed by atoms with Crippen LogP contribution in [0, 0.1) is 10.1 Å². The van der Waals surface area contributed by atoms with Gasteiger partial charge in [0.15, 0.2) is 5.69 Å². The summed E-state index contributed by atoms with van der Waals surface area (Å²) in [7, 11) is 3.80. The van der Waals surface area contributed by atoms with Crippen LogP contribution in [0.15, 0.2) is 24.4 Å². The molecule has 0 aliphatic carbocycles. The highest BCUT2D eigenvalue weighted by Gasteiger charge is 2.22. The first-order chi connectivity index (χ1) is 9.13. The van der Waals surface area contributed by atoms with Gasteiger partial charge in [0.25, 0.3) is 0 Å². The van der Waals surface area contributed by atoms with Crippen LogP contribution in [0.25, 0.3) is 5.65 Å². The van der Waals surface area contributed by atoms with Crippen LogP contribution in [0.4, 0.5) is 5.82 Å². The van der Waals surface area contributed by atoms with E-state index in [2.05, 4.69) is 10.3 Å². The maximum Gasteiger partial charge on any atom is 0.352 e. The van der Waals surface area contributed by atoms with Crippen LogP contribution in [0.2, 0.25) is 0 Å². The standard InChI is InChI=1S/C12H17N5O2/c1-13-6-8-15(2)9-10-12(17(18)19)16-7-4-3-5-11(16)14-10/h3-5,7,13H,6,8-9H2,1-2H3. The summed E-state index contributed by atoms with van der Waals surface area (Å²) in [4.78, 5) is 17.2. The molecule has 2 heterocycles. The Kier molecular flexibility index (Phi) is 4.08. The van der Waals surface area contributed by atoms with E-state index in [1.807, 2.05) is 25.1 Å². The Balaban J connectivity index is 2.31. The van der Waals surface area contributed by atoms with Crippen LogP contribution in [-0.2, 0) is 6.54 Å². The maximum absolute atomic E-state index is 11.2. The van der Waals surface area contributed by atoms with Crippen LogP contribution in [0.3, 0.4) is 0 Å². The molecule has 0 aliphatic heterocycles. The molecule has 7 nitrogen and oxygen atoms in total. The lowest BCUT2D eigenvalue weighted by Gasteiger charge is -2.14. The summed E-state index contributed by atoms with van der Waals surface area (Å²) in [5.41, 5.74) is 1.10. The average molecular weight is 263 g/mol. The number of hydrogen-bond donors (Lipinski definition) is 1. The minimum Gasteiger partial charge on any atom is -0.358 e. The second-order valence-corrected chi connectivity index (χ2v) is 4.41. The first kappa shape index (κ1) is 13.4. The van der Waals surface area contributed by atoms with E-state index in [1.165, 1.54) is 4.40 Å². The van der Waals surface area contributed by atoms with Gasteiger partial charge >= 0.3 is 5.82 Å². The number of aromatic nitrogens is 2. The molecule has 0 saturated heterocycles. The third-order valence-electron chi connectivity index (χ3n) is 2.91. The van der Waals surface area contributed by atoms with E-state index in [9.17, 15) is 10.1 Å². The Morgan fingerprint density at radius 3 is 3.00 bits per heavy atom. The molecule has 1 N–H and O–H groups in total. The molecule has 0 saturated carbocycles. The van der Waals surface area contributed by atoms with Crippen molar-refractivity contribution in [2.75, 3.05) is 27.2 Å². The molecule has 0 atom stereocenters. The number of pyridine rings is 1. The van der Waals surface area contributed by atoms with Crippen molar-refractivity contribution in [2.45, 2.75) is 6.54 Å². The van der Waals surface area contributed by atoms with E-state index >= 15 is 0 Å². The van der Waals surface area contributed by atoms with Gasteiger partial charge in [0, 0.05) is 25.7 Å². The first-order valence-electron chi connectivity index (χ1n) is 6.07. The van der Waals surface area contributed by atoms with Gasteiger partial charge in [0.2, 0.25) is 5.65 Å². The number of rotatable bonds is 6. The Hall–Kier alpha value is -1.99. The predicted molar refractivity (Wildman–Crippen MR) is 72.1 cm³/mol. The summed E-state index contributed by atoms with van der Waals surface area (Å²) >= 11 is 0. The Morgan fingerprint density at radius 2 is 2.32 bits per heavy atom. The third kappa shape index (κ3) is 2.88. The molecular formula is C12H17N5O2. The molecule has 0 fully saturated rings. The van der Waals surface area contributed by atoms with Gasteiger partial charge in [-0.3, -0.25) is 4.90 Å². The number of imidazole rings is 1. The fraction of sp³-hybridized carbons (Fsp3) is 0.417. The minimum atomic E-state index is -0.374. The van der Waals surface area contributed by atoms with Gasteiger partial charge in [-0.05, 0) is 25.1 Å². The van der Waals surface area contributed by atoms with Crippen LogP contribution in [-0.4, -0.2) is 46.4 Å². The fourth-order valence-corrected chi connectivity index (χ4v) is 1.97. The zero-order valence-electron chi connectivity index (χ0n) is 11.0. The van der Waals surface area contributed by atoms with Crippen molar-refractivity contribution in [3.05, 3.63) is 40.2 Å². The van der Waals surface area contributed by atoms with Crippen LogP contribution in [0.5, 0.6) is 0 Å². The van der Waals surface area contributed by atoms with Crippen LogP contribution >= 0.6 is 0 Å². The summed E-state index contributed by atoms with van der Waals surface area (Å²) in [6.45, 7) is 2.10. The van der Waals surface area contributed by atoms with Gasteiger partial charge in [-0.15, -0.1) is 0 Å². The monoisotopic (exact) mass is 263 g/mol. The van der Waals surface area contributed by atoms with Crippen LogP contribution in [0.1, 0.15) is 5.69 Å². The number of nitro groups is 1. The van der Waals surface area contributed by atoms with E-state index in [0.29, 0.717) is 17.9 Å². The number of nitrogens with zero attached hydrogens (tertiary/aromatic N) is 4. The molecule has 102 valence electrons. The molecule has 2 rings (SSSR count). The van der Waals surface area contributed by atoms with Crippen molar-refractivity contribution in [1.29, 1.82) is 0 Å². The van der Waals surface area contributed by atoms with E-state index in [0.717, 1.165) is 13.1 Å². The lowest BCUT2D eigenvalue weighted by molar-refractivity contribution is -0.391. The maximum atomic E-state index is 11.2. The topological polar surface area (TPSA) is 75.7 Å². The number of fused-ring (bicyclic) bond motifs is 1. The first-order valence-corrected chi connectivity index (χ1v) is 6.07. The lowest BCUT2D eigenvalue weighted by Crippen LogP contribution is -2.27.